The van der Waals surface area contributed by atoms with Gasteiger partial charge in [0.15, 0.2) is 0 Å². The summed E-state index contributed by atoms with van der Waals surface area (Å²) in [6.45, 7) is 1.95. The highest BCUT2D eigenvalue weighted by Gasteiger charge is 2.47. The van der Waals surface area contributed by atoms with Gasteiger partial charge >= 0.3 is 5.97 Å². The van der Waals surface area contributed by atoms with Crippen LogP contribution in [-0.4, -0.2) is 52.8 Å². The molecule has 3 atom stereocenters. The fraction of sp³-hybridized carbons (Fsp3) is 0.909. The largest absolute Gasteiger partial charge is 0.481 e. The molecule has 0 aromatic heterocycles. The zero-order valence-corrected chi connectivity index (χ0v) is 11.2. The first-order valence-electron chi connectivity index (χ1n) is 6.18. The summed E-state index contributed by atoms with van der Waals surface area (Å²) in [5.74, 6) is -1.84. The van der Waals surface area contributed by atoms with E-state index in [4.69, 9.17) is 5.11 Å². The maximum absolute atomic E-state index is 12.4. The molecular weight excluding hydrogens is 258 g/mol. The number of carboxylic acid groups (broad SMARTS) is 1. The summed E-state index contributed by atoms with van der Waals surface area (Å²) in [7, 11) is -3.61. The van der Waals surface area contributed by atoms with Gasteiger partial charge in [-0.1, -0.05) is 6.42 Å². The summed E-state index contributed by atoms with van der Waals surface area (Å²) in [4.78, 5) is 11.1. The molecular formula is C11H19NO5S. The van der Waals surface area contributed by atoms with Crippen molar-refractivity contribution in [2.75, 3.05) is 13.1 Å². The van der Waals surface area contributed by atoms with Gasteiger partial charge in [0.05, 0.1) is 16.8 Å². The fourth-order valence-electron chi connectivity index (χ4n) is 2.88. The average Bonchev–Trinajstić information content (AvgIpc) is 2.83. The maximum atomic E-state index is 12.4. The van der Waals surface area contributed by atoms with E-state index in [-0.39, 0.29) is 13.1 Å². The normalized spacial score (nSPS) is 38.1. The van der Waals surface area contributed by atoms with Crippen molar-refractivity contribution >= 4 is 16.0 Å². The lowest BCUT2D eigenvalue weighted by molar-refractivity contribution is -0.141. The monoisotopic (exact) mass is 277 g/mol. The molecule has 2 N–H and O–H groups in total. The van der Waals surface area contributed by atoms with Gasteiger partial charge in [0, 0.05) is 13.1 Å². The number of carbonyl (C=O) groups is 1. The number of aliphatic carboxylic acids is 1. The first-order valence-corrected chi connectivity index (χ1v) is 7.68. The minimum Gasteiger partial charge on any atom is -0.481 e. The van der Waals surface area contributed by atoms with Crippen molar-refractivity contribution in [2.24, 2.45) is 5.92 Å². The summed E-state index contributed by atoms with van der Waals surface area (Å²) < 4.78 is 26.0. The lowest BCUT2D eigenvalue weighted by atomic mass is 10.1. The molecule has 2 aliphatic rings. The van der Waals surface area contributed by atoms with Gasteiger partial charge in [0.25, 0.3) is 0 Å². The number of sulfonamides is 1. The second kappa shape index (κ2) is 4.47. The van der Waals surface area contributed by atoms with Gasteiger partial charge in [-0.3, -0.25) is 4.79 Å². The summed E-state index contributed by atoms with van der Waals surface area (Å²) in [5.41, 5.74) is -0.996. The molecule has 18 heavy (non-hydrogen) atoms. The highest BCUT2D eigenvalue weighted by atomic mass is 32.2. The summed E-state index contributed by atoms with van der Waals surface area (Å²) in [6, 6.07) is 0. The second-order valence-electron chi connectivity index (χ2n) is 5.54. The Morgan fingerprint density at radius 1 is 1.39 bits per heavy atom. The van der Waals surface area contributed by atoms with Gasteiger partial charge in [-0.2, -0.15) is 4.31 Å². The Balaban J connectivity index is 2.19. The van der Waals surface area contributed by atoms with Crippen molar-refractivity contribution in [1.82, 2.24) is 4.31 Å². The molecule has 1 saturated carbocycles. The molecule has 0 radical (unpaired) electrons. The fourth-order valence-corrected chi connectivity index (χ4v) is 5.20. The highest BCUT2D eigenvalue weighted by Crippen LogP contribution is 2.35. The van der Waals surface area contributed by atoms with Gasteiger partial charge in [0.1, 0.15) is 0 Å². The molecule has 0 spiro atoms. The first kappa shape index (κ1) is 13.8. The SMILES string of the molecule is CC1(O)CCN(S(=O)(=O)C2CCCC2C(=O)O)C1. The predicted molar refractivity (Wildman–Crippen MR) is 64.5 cm³/mol. The average molecular weight is 277 g/mol. The molecule has 2 rings (SSSR count). The number of carboxylic acids is 1. The minimum absolute atomic E-state index is 0.0676. The molecule has 7 heteroatoms. The molecule has 2 fully saturated rings. The standard InChI is InChI=1S/C11H19NO5S/c1-11(15)5-6-12(7-11)18(16,17)9-4-2-3-8(9)10(13)14/h8-9,15H,2-7H2,1H3,(H,13,14). The van der Waals surface area contributed by atoms with E-state index < -0.39 is 32.8 Å². The van der Waals surface area contributed by atoms with Crippen LogP contribution in [0.4, 0.5) is 0 Å². The van der Waals surface area contributed by atoms with E-state index in [2.05, 4.69) is 0 Å². The molecule has 1 aliphatic carbocycles. The number of nitrogens with zero attached hydrogens (tertiary/aromatic N) is 1. The lowest BCUT2D eigenvalue weighted by Gasteiger charge is -2.24. The van der Waals surface area contributed by atoms with Crippen LogP contribution in [0.3, 0.4) is 0 Å². The van der Waals surface area contributed by atoms with Gasteiger partial charge in [0.2, 0.25) is 10.0 Å². The molecule has 0 bridgehead atoms. The lowest BCUT2D eigenvalue weighted by Crippen LogP contribution is -2.42. The van der Waals surface area contributed by atoms with Crippen molar-refractivity contribution in [3.63, 3.8) is 0 Å². The van der Waals surface area contributed by atoms with Gasteiger partial charge in [-0.05, 0) is 26.2 Å². The molecule has 0 aromatic carbocycles. The Labute approximate surface area is 107 Å². The number of aliphatic hydroxyl groups is 1. The van der Waals surface area contributed by atoms with Crippen LogP contribution in [0.1, 0.15) is 32.6 Å². The number of rotatable bonds is 3. The highest BCUT2D eigenvalue weighted by molar-refractivity contribution is 7.89. The van der Waals surface area contributed by atoms with Gasteiger partial charge in [-0.25, -0.2) is 8.42 Å². The van der Waals surface area contributed by atoms with E-state index in [0.29, 0.717) is 25.7 Å². The van der Waals surface area contributed by atoms with Crippen molar-refractivity contribution < 1.29 is 23.4 Å². The van der Waals surface area contributed by atoms with Crippen LogP contribution in [0.15, 0.2) is 0 Å². The van der Waals surface area contributed by atoms with Crippen molar-refractivity contribution in [2.45, 2.75) is 43.5 Å². The summed E-state index contributed by atoms with van der Waals surface area (Å²) >= 11 is 0. The van der Waals surface area contributed by atoms with Crippen LogP contribution in [0.2, 0.25) is 0 Å². The quantitative estimate of drug-likeness (QED) is 0.758. The predicted octanol–water partition coefficient (Wildman–Crippen LogP) is 0.0262. The Morgan fingerprint density at radius 3 is 2.56 bits per heavy atom. The van der Waals surface area contributed by atoms with Crippen molar-refractivity contribution in [3.8, 4) is 0 Å². The van der Waals surface area contributed by atoms with Crippen LogP contribution >= 0.6 is 0 Å². The third kappa shape index (κ3) is 2.39. The third-order valence-electron chi connectivity index (χ3n) is 3.93. The van der Waals surface area contributed by atoms with E-state index in [1.807, 2.05) is 0 Å². The van der Waals surface area contributed by atoms with Gasteiger partial charge < -0.3 is 10.2 Å². The molecule has 104 valence electrons. The molecule has 1 saturated heterocycles. The van der Waals surface area contributed by atoms with E-state index in [1.54, 1.807) is 6.92 Å². The van der Waals surface area contributed by atoms with Crippen LogP contribution in [0.5, 0.6) is 0 Å². The zero-order valence-electron chi connectivity index (χ0n) is 10.4. The molecule has 6 nitrogen and oxygen atoms in total. The first-order chi connectivity index (χ1) is 8.24. The molecule has 3 unspecified atom stereocenters. The summed E-state index contributed by atoms with van der Waals surface area (Å²) in [6.07, 6.45) is 1.85. The Morgan fingerprint density at radius 2 is 2.06 bits per heavy atom. The molecule has 0 aromatic rings. The number of hydrogen-bond acceptors (Lipinski definition) is 4. The Kier molecular flexibility index (Phi) is 3.42. The van der Waals surface area contributed by atoms with E-state index >= 15 is 0 Å². The van der Waals surface area contributed by atoms with Crippen molar-refractivity contribution in [1.29, 1.82) is 0 Å². The van der Waals surface area contributed by atoms with E-state index in [1.165, 1.54) is 4.31 Å². The topological polar surface area (TPSA) is 94.9 Å². The summed E-state index contributed by atoms with van der Waals surface area (Å²) in [5, 5.41) is 18.1. The van der Waals surface area contributed by atoms with E-state index in [0.717, 1.165) is 0 Å². The van der Waals surface area contributed by atoms with Crippen LogP contribution < -0.4 is 0 Å². The zero-order chi connectivity index (χ0) is 13.6. The second-order valence-corrected chi connectivity index (χ2v) is 7.69. The van der Waals surface area contributed by atoms with Crippen LogP contribution in [-0.2, 0) is 14.8 Å². The number of β-amino-alcohol motifs (C(OH)–C–C–N with tert-alkyl or cyclic N) is 1. The van der Waals surface area contributed by atoms with Crippen LogP contribution in [0, 0.1) is 5.92 Å². The third-order valence-corrected chi connectivity index (χ3v) is 6.29. The Hall–Kier alpha value is -0.660. The molecule has 0 amide bonds. The maximum Gasteiger partial charge on any atom is 0.307 e. The minimum atomic E-state index is -3.61. The van der Waals surface area contributed by atoms with Crippen LogP contribution in [0.25, 0.3) is 0 Å². The Bertz CT molecular complexity index is 444. The van der Waals surface area contributed by atoms with E-state index in [9.17, 15) is 18.3 Å². The van der Waals surface area contributed by atoms with Gasteiger partial charge in [-0.15, -0.1) is 0 Å². The smallest absolute Gasteiger partial charge is 0.307 e. The van der Waals surface area contributed by atoms with Crippen molar-refractivity contribution in [3.05, 3.63) is 0 Å². The molecule has 1 aliphatic heterocycles. The molecule has 1 heterocycles. The number of hydrogen-bond donors (Lipinski definition) is 2.